The van der Waals surface area contributed by atoms with E-state index in [0.717, 1.165) is 18.5 Å². The van der Waals surface area contributed by atoms with Crippen LogP contribution in [0.2, 0.25) is 0 Å². The summed E-state index contributed by atoms with van der Waals surface area (Å²) in [7, 11) is 0. The molecule has 0 saturated heterocycles. The summed E-state index contributed by atoms with van der Waals surface area (Å²) < 4.78 is 5.15. The van der Waals surface area contributed by atoms with Gasteiger partial charge in [0.25, 0.3) is 0 Å². The van der Waals surface area contributed by atoms with Crippen molar-refractivity contribution in [1.29, 1.82) is 0 Å². The summed E-state index contributed by atoms with van der Waals surface area (Å²) >= 11 is 0. The summed E-state index contributed by atoms with van der Waals surface area (Å²) in [6.07, 6.45) is 6.94. The standard InChI is InChI=1S/C19H23N3O3/c23-18(12-14-4-1-2-5-14)21-15-7-9-16(10-8-15)22-19(24)20-13-17-6-3-11-25-17/h3,6-11,14H,1-2,4-5,12-13H2,(H,21,23)(H2,20,22,24). The smallest absolute Gasteiger partial charge is 0.319 e. The Kier molecular flexibility index (Phi) is 5.72. The minimum Gasteiger partial charge on any atom is -0.467 e. The number of carbonyl (C=O) groups excluding carboxylic acids is 2. The summed E-state index contributed by atoms with van der Waals surface area (Å²) in [5, 5.41) is 8.36. The molecule has 2 aromatic rings. The predicted molar refractivity (Wildman–Crippen MR) is 96.2 cm³/mol. The molecule has 1 heterocycles. The number of urea groups is 1. The highest BCUT2D eigenvalue weighted by molar-refractivity contribution is 5.92. The maximum absolute atomic E-state index is 12.0. The van der Waals surface area contributed by atoms with Gasteiger partial charge in [0.05, 0.1) is 12.8 Å². The Morgan fingerprint density at radius 3 is 2.32 bits per heavy atom. The first-order valence-corrected chi connectivity index (χ1v) is 8.66. The lowest BCUT2D eigenvalue weighted by Gasteiger charge is -2.11. The second kappa shape index (κ2) is 8.37. The van der Waals surface area contributed by atoms with Gasteiger partial charge < -0.3 is 20.4 Å². The SMILES string of the molecule is O=C(CC1CCCC1)Nc1ccc(NC(=O)NCc2ccco2)cc1. The van der Waals surface area contributed by atoms with E-state index in [2.05, 4.69) is 16.0 Å². The molecule has 3 amide bonds. The average molecular weight is 341 g/mol. The third-order valence-corrected chi connectivity index (χ3v) is 4.38. The zero-order valence-electron chi connectivity index (χ0n) is 14.1. The Labute approximate surface area is 147 Å². The van der Waals surface area contributed by atoms with Gasteiger partial charge in [-0.2, -0.15) is 0 Å². The van der Waals surface area contributed by atoms with Gasteiger partial charge in [0, 0.05) is 17.8 Å². The molecule has 0 unspecified atom stereocenters. The van der Waals surface area contributed by atoms with Crippen LogP contribution in [0.15, 0.2) is 47.1 Å². The van der Waals surface area contributed by atoms with Crippen LogP contribution in [0.5, 0.6) is 0 Å². The maximum atomic E-state index is 12.0. The fourth-order valence-corrected chi connectivity index (χ4v) is 3.08. The van der Waals surface area contributed by atoms with Crippen LogP contribution in [0.1, 0.15) is 37.9 Å². The minimum atomic E-state index is -0.311. The number of hydrogen-bond donors (Lipinski definition) is 3. The zero-order chi connectivity index (χ0) is 17.5. The topological polar surface area (TPSA) is 83.4 Å². The normalized spacial score (nSPS) is 14.2. The molecule has 1 aromatic heterocycles. The van der Waals surface area contributed by atoms with E-state index in [9.17, 15) is 9.59 Å². The molecule has 0 aliphatic heterocycles. The van der Waals surface area contributed by atoms with Crippen LogP contribution in [0.25, 0.3) is 0 Å². The van der Waals surface area contributed by atoms with Gasteiger partial charge in [-0.1, -0.05) is 12.8 Å². The van der Waals surface area contributed by atoms with E-state index in [1.54, 1.807) is 42.7 Å². The van der Waals surface area contributed by atoms with Crippen molar-refractivity contribution in [2.24, 2.45) is 5.92 Å². The van der Waals surface area contributed by atoms with E-state index in [1.165, 1.54) is 12.8 Å². The number of hydrogen-bond acceptors (Lipinski definition) is 3. The molecule has 1 aliphatic carbocycles. The number of carbonyl (C=O) groups is 2. The largest absolute Gasteiger partial charge is 0.467 e. The quantitative estimate of drug-likeness (QED) is 0.739. The number of nitrogens with one attached hydrogen (secondary N) is 3. The van der Waals surface area contributed by atoms with Gasteiger partial charge in [-0.25, -0.2) is 4.79 Å². The molecule has 6 heteroatoms. The molecule has 0 bridgehead atoms. The zero-order valence-corrected chi connectivity index (χ0v) is 14.1. The Morgan fingerprint density at radius 1 is 1.00 bits per heavy atom. The molecule has 6 nitrogen and oxygen atoms in total. The Balaban J connectivity index is 1.43. The van der Waals surface area contributed by atoms with Crippen molar-refractivity contribution < 1.29 is 14.0 Å². The van der Waals surface area contributed by atoms with Crippen molar-refractivity contribution in [2.45, 2.75) is 38.6 Å². The van der Waals surface area contributed by atoms with Crippen LogP contribution in [0, 0.1) is 5.92 Å². The molecule has 132 valence electrons. The highest BCUT2D eigenvalue weighted by Crippen LogP contribution is 2.27. The number of rotatable bonds is 6. The van der Waals surface area contributed by atoms with E-state index in [1.807, 2.05) is 0 Å². The van der Waals surface area contributed by atoms with E-state index in [-0.39, 0.29) is 11.9 Å². The van der Waals surface area contributed by atoms with Gasteiger partial charge in [-0.3, -0.25) is 4.79 Å². The lowest BCUT2D eigenvalue weighted by molar-refractivity contribution is -0.117. The van der Waals surface area contributed by atoms with Crippen molar-refractivity contribution >= 4 is 23.3 Å². The molecule has 1 saturated carbocycles. The number of benzene rings is 1. The van der Waals surface area contributed by atoms with Gasteiger partial charge >= 0.3 is 6.03 Å². The van der Waals surface area contributed by atoms with Crippen molar-refractivity contribution in [1.82, 2.24) is 5.32 Å². The van der Waals surface area contributed by atoms with Gasteiger partial charge in [-0.15, -0.1) is 0 Å². The molecule has 1 fully saturated rings. The molecule has 3 N–H and O–H groups in total. The number of furan rings is 1. The highest BCUT2D eigenvalue weighted by atomic mass is 16.3. The van der Waals surface area contributed by atoms with Gasteiger partial charge in [0.2, 0.25) is 5.91 Å². The molecule has 1 aromatic carbocycles. The maximum Gasteiger partial charge on any atom is 0.319 e. The second-order valence-corrected chi connectivity index (χ2v) is 6.37. The van der Waals surface area contributed by atoms with Crippen molar-refractivity contribution in [3.05, 3.63) is 48.4 Å². The fourth-order valence-electron chi connectivity index (χ4n) is 3.08. The Morgan fingerprint density at radius 2 is 1.68 bits per heavy atom. The number of anilines is 2. The minimum absolute atomic E-state index is 0.0591. The first-order chi connectivity index (χ1) is 12.2. The number of amides is 3. The third kappa shape index (κ3) is 5.38. The summed E-state index contributed by atoms with van der Waals surface area (Å²) in [4.78, 5) is 23.9. The van der Waals surface area contributed by atoms with Crippen LogP contribution in [-0.2, 0) is 11.3 Å². The summed E-state index contributed by atoms with van der Waals surface area (Å²) in [5.74, 6) is 1.28. The summed E-state index contributed by atoms with van der Waals surface area (Å²) in [6, 6.07) is 10.4. The van der Waals surface area contributed by atoms with Crippen LogP contribution in [0.4, 0.5) is 16.2 Å². The van der Waals surface area contributed by atoms with Gasteiger partial charge in [-0.05, 0) is 55.2 Å². The monoisotopic (exact) mass is 341 g/mol. The molecular weight excluding hydrogens is 318 g/mol. The van der Waals surface area contributed by atoms with E-state index in [4.69, 9.17) is 4.42 Å². The van der Waals surface area contributed by atoms with E-state index >= 15 is 0 Å². The molecule has 0 radical (unpaired) electrons. The predicted octanol–water partition coefficient (Wildman–Crippen LogP) is 4.12. The fraction of sp³-hybridized carbons (Fsp3) is 0.368. The lowest BCUT2D eigenvalue weighted by Crippen LogP contribution is -2.27. The van der Waals surface area contributed by atoms with Crippen LogP contribution < -0.4 is 16.0 Å². The molecule has 1 aliphatic rings. The first-order valence-electron chi connectivity index (χ1n) is 8.66. The lowest BCUT2D eigenvalue weighted by atomic mass is 10.0. The molecule has 25 heavy (non-hydrogen) atoms. The van der Waals surface area contributed by atoms with Crippen molar-refractivity contribution in [3.63, 3.8) is 0 Å². The molecule has 3 rings (SSSR count). The third-order valence-electron chi connectivity index (χ3n) is 4.38. The summed E-state index contributed by atoms with van der Waals surface area (Å²) in [6.45, 7) is 0.328. The average Bonchev–Trinajstić information content (AvgIpc) is 3.28. The van der Waals surface area contributed by atoms with Crippen molar-refractivity contribution in [2.75, 3.05) is 10.6 Å². The van der Waals surface area contributed by atoms with Gasteiger partial charge in [0.1, 0.15) is 5.76 Å². The van der Waals surface area contributed by atoms with Crippen LogP contribution >= 0.6 is 0 Å². The Hall–Kier alpha value is -2.76. The summed E-state index contributed by atoms with van der Waals surface area (Å²) in [5.41, 5.74) is 1.40. The second-order valence-electron chi connectivity index (χ2n) is 6.37. The van der Waals surface area contributed by atoms with E-state index < -0.39 is 0 Å². The molecule has 0 spiro atoms. The van der Waals surface area contributed by atoms with Gasteiger partial charge in [0.15, 0.2) is 0 Å². The highest BCUT2D eigenvalue weighted by Gasteiger charge is 2.18. The first kappa shape index (κ1) is 17.1. The molecular formula is C19H23N3O3. The van der Waals surface area contributed by atoms with Crippen LogP contribution in [0.3, 0.4) is 0 Å². The van der Waals surface area contributed by atoms with Crippen LogP contribution in [-0.4, -0.2) is 11.9 Å². The Bertz CT molecular complexity index is 689. The van der Waals surface area contributed by atoms with Crippen molar-refractivity contribution in [3.8, 4) is 0 Å². The molecule has 0 atom stereocenters. The van der Waals surface area contributed by atoms with E-state index in [0.29, 0.717) is 30.3 Å².